The van der Waals surface area contributed by atoms with Crippen LogP contribution in [0.3, 0.4) is 0 Å². The van der Waals surface area contributed by atoms with Gasteiger partial charge in [-0.15, -0.1) is 0 Å². The molecular formula is C20H18F2N2O2. The minimum absolute atomic E-state index is 0.0893. The van der Waals surface area contributed by atoms with Crippen LogP contribution in [0.25, 0.3) is 10.9 Å². The van der Waals surface area contributed by atoms with Crippen LogP contribution in [-0.4, -0.2) is 17.4 Å². The highest BCUT2D eigenvalue weighted by molar-refractivity contribution is 5.94. The molecule has 1 aromatic heterocycles. The first-order valence-corrected chi connectivity index (χ1v) is 8.22. The summed E-state index contributed by atoms with van der Waals surface area (Å²) in [5, 5.41) is 3.35. The molecule has 0 aliphatic rings. The van der Waals surface area contributed by atoms with E-state index in [1.807, 2.05) is 26.0 Å². The van der Waals surface area contributed by atoms with Gasteiger partial charge in [-0.05, 0) is 67.1 Å². The molecule has 0 atom stereocenters. The molecule has 6 heteroatoms. The standard InChI is InChI=1S/C20H18F2N2O2/c1-11-8-14-10-13(19(25)24-17(14)9-12(11)2)6-7-23-20(26)18-15(21)4-3-5-16(18)22/h3-5,8-10H,6-7H2,1-2H3,(H,23,26)(H,24,25). The van der Waals surface area contributed by atoms with Gasteiger partial charge in [-0.2, -0.15) is 0 Å². The molecule has 0 saturated carbocycles. The van der Waals surface area contributed by atoms with Gasteiger partial charge in [0.1, 0.15) is 17.2 Å². The van der Waals surface area contributed by atoms with E-state index in [1.54, 1.807) is 6.07 Å². The van der Waals surface area contributed by atoms with Gasteiger partial charge in [0.15, 0.2) is 0 Å². The van der Waals surface area contributed by atoms with Gasteiger partial charge >= 0.3 is 0 Å². The van der Waals surface area contributed by atoms with Gasteiger partial charge in [-0.1, -0.05) is 6.07 Å². The molecule has 0 fully saturated rings. The van der Waals surface area contributed by atoms with Gasteiger partial charge in [-0.3, -0.25) is 9.59 Å². The molecule has 0 aliphatic carbocycles. The normalized spacial score (nSPS) is 10.9. The number of aryl methyl sites for hydroxylation is 2. The molecule has 0 radical (unpaired) electrons. The fraction of sp³-hybridized carbons (Fsp3) is 0.200. The number of halogens is 2. The number of carbonyl (C=O) groups excluding carboxylic acids is 1. The lowest BCUT2D eigenvalue weighted by atomic mass is 10.0. The summed E-state index contributed by atoms with van der Waals surface area (Å²) in [6.07, 6.45) is 0.250. The van der Waals surface area contributed by atoms with Crippen molar-refractivity contribution in [1.29, 1.82) is 0 Å². The first-order chi connectivity index (χ1) is 12.4. The zero-order valence-corrected chi connectivity index (χ0v) is 14.5. The van der Waals surface area contributed by atoms with Crippen LogP contribution in [0.4, 0.5) is 8.78 Å². The molecule has 2 aromatic carbocycles. The zero-order valence-electron chi connectivity index (χ0n) is 14.5. The summed E-state index contributed by atoms with van der Waals surface area (Å²) in [7, 11) is 0. The number of hydrogen-bond acceptors (Lipinski definition) is 2. The van der Waals surface area contributed by atoms with Crippen molar-refractivity contribution < 1.29 is 13.6 Å². The van der Waals surface area contributed by atoms with Crippen molar-refractivity contribution in [3.63, 3.8) is 0 Å². The number of nitrogens with one attached hydrogen (secondary N) is 2. The van der Waals surface area contributed by atoms with E-state index in [0.29, 0.717) is 5.56 Å². The topological polar surface area (TPSA) is 62.0 Å². The third kappa shape index (κ3) is 3.49. The first kappa shape index (κ1) is 17.8. The number of pyridine rings is 1. The summed E-state index contributed by atoms with van der Waals surface area (Å²) in [5.74, 6) is -2.68. The second kappa shape index (κ2) is 7.07. The highest BCUT2D eigenvalue weighted by atomic mass is 19.1. The van der Waals surface area contributed by atoms with Crippen LogP contribution in [0.5, 0.6) is 0 Å². The molecule has 3 rings (SSSR count). The van der Waals surface area contributed by atoms with Crippen molar-refractivity contribution in [3.05, 3.63) is 80.6 Å². The molecule has 0 unspecified atom stereocenters. The van der Waals surface area contributed by atoms with Crippen LogP contribution in [0.2, 0.25) is 0 Å². The second-order valence-corrected chi connectivity index (χ2v) is 6.25. The summed E-state index contributed by atoms with van der Waals surface area (Å²) in [5.41, 5.74) is 2.58. The predicted octanol–water partition coefficient (Wildman–Crippen LogP) is 3.40. The Morgan fingerprint density at radius 1 is 1.08 bits per heavy atom. The van der Waals surface area contributed by atoms with Crippen molar-refractivity contribution >= 4 is 16.8 Å². The van der Waals surface area contributed by atoms with E-state index < -0.39 is 23.1 Å². The number of hydrogen-bond donors (Lipinski definition) is 2. The quantitative estimate of drug-likeness (QED) is 0.753. The van der Waals surface area contributed by atoms with Crippen LogP contribution in [-0.2, 0) is 6.42 Å². The van der Waals surface area contributed by atoms with Gasteiger partial charge in [0.25, 0.3) is 11.5 Å². The fourth-order valence-corrected chi connectivity index (χ4v) is 2.82. The van der Waals surface area contributed by atoms with Crippen molar-refractivity contribution in [3.8, 4) is 0 Å². The van der Waals surface area contributed by atoms with E-state index in [1.165, 1.54) is 6.07 Å². The SMILES string of the molecule is Cc1cc2cc(CCNC(=O)c3c(F)cccc3F)c(=O)[nH]c2cc1C. The maximum atomic E-state index is 13.6. The molecule has 0 saturated heterocycles. The molecule has 3 aromatic rings. The molecule has 0 spiro atoms. The lowest BCUT2D eigenvalue weighted by Crippen LogP contribution is -2.29. The van der Waals surface area contributed by atoms with Crippen molar-refractivity contribution in [1.82, 2.24) is 10.3 Å². The number of rotatable bonds is 4. The van der Waals surface area contributed by atoms with E-state index in [-0.39, 0.29) is 18.5 Å². The molecular weight excluding hydrogens is 338 g/mol. The fourth-order valence-electron chi connectivity index (χ4n) is 2.82. The third-order valence-electron chi connectivity index (χ3n) is 4.41. The summed E-state index contributed by atoms with van der Waals surface area (Å²) < 4.78 is 27.2. The second-order valence-electron chi connectivity index (χ2n) is 6.25. The average molecular weight is 356 g/mol. The first-order valence-electron chi connectivity index (χ1n) is 8.22. The van der Waals surface area contributed by atoms with E-state index in [2.05, 4.69) is 10.3 Å². The molecule has 1 amide bonds. The lowest BCUT2D eigenvalue weighted by molar-refractivity contribution is 0.0945. The summed E-state index contributed by atoms with van der Waals surface area (Å²) in [6, 6.07) is 8.92. The Balaban J connectivity index is 1.76. The molecule has 134 valence electrons. The maximum Gasteiger partial charge on any atom is 0.257 e. The number of aromatic amines is 1. The molecule has 26 heavy (non-hydrogen) atoms. The van der Waals surface area contributed by atoms with Crippen LogP contribution in [0, 0.1) is 25.5 Å². The van der Waals surface area contributed by atoms with E-state index in [9.17, 15) is 18.4 Å². The van der Waals surface area contributed by atoms with Gasteiger partial charge in [0.2, 0.25) is 0 Å². The van der Waals surface area contributed by atoms with E-state index in [0.717, 1.165) is 34.2 Å². The summed E-state index contributed by atoms with van der Waals surface area (Å²) in [6.45, 7) is 4.05. The van der Waals surface area contributed by atoms with Gasteiger partial charge in [0.05, 0.1) is 0 Å². The van der Waals surface area contributed by atoms with Crippen molar-refractivity contribution in [2.45, 2.75) is 20.3 Å². The number of H-pyrrole nitrogens is 1. The lowest BCUT2D eigenvalue weighted by Gasteiger charge is -2.08. The summed E-state index contributed by atoms with van der Waals surface area (Å²) >= 11 is 0. The minimum atomic E-state index is -0.920. The van der Waals surface area contributed by atoms with Crippen LogP contribution < -0.4 is 10.9 Å². The van der Waals surface area contributed by atoms with E-state index >= 15 is 0 Å². The van der Waals surface area contributed by atoms with Crippen molar-refractivity contribution in [2.24, 2.45) is 0 Å². The average Bonchev–Trinajstić information content (AvgIpc) is 2.57. The smallest absolute Gasteiger partial charge is 0.257 e. The zero-order chi connectivity index (χ0) is 18.8. The highest BCUT2D eigenvalue weighted by Gasteiger charge is 2.16. The van der Waals surface area contributed by atoms with E-state index in [4.69, 9.17) is 0 Å². The monoisotopic (exact) mass is 356 g/mol. The third-order valence-corrected chi connectivity index (χ3v) is 4.41. The molecule has 0 aliphatic heterocycles. The van der Waals surface area contributed by atoms with Crippen LogP contribution in [0.15, 0.2) is 41.2 Å². The summed E-state index contributed by atoms with van der Waals surface area (Å²) in [4.78, 5) is 27.0. The Labute approximate surface area is 148 Å². The molecule has 1 heterocycles. The van der Waals surface area contributed by atoms with Gasteiger partial charge in [0, 0.05) is 17.6 Å². The molecule has 2 N–H and O–H groups in total. The van der Waals surface area contributed by atoms with Crippen molar-refractivity contribution in [2.75, 3.05) is 6.54 Å². The Hall–Kier alpha value is -3.02. The predicted molar refractivity (Wildman–Crippen MR) is 96.4 cm³/mol. The molecule has 0 bridgehead atoms. The Morgan fingerprint density at radius 3 is 2.42 bits per heavy atom. The Bertz CT molecular complexity index is 1040. The minimum Gasteiger partial charge on any atom is -0.352 e. The number of amides is 1. The largest absolute Gasteiger partial charge is 0.352 e. The number of fused-ring (bicyclic) bond motifs is 1. The van der Waals surface area contributed by atoms with Gasteiger partial charge in [-0.25, -0.2) is 8.78 Å². The van der Waals surface area contributed by atoms with Crippen LogP contribution >= 0.6 is 0 Å². The highest BCUT2D eigenvalue weighted by Crippen LogP contribution is 2.17. The maximum absolute atomic E-state index is 13.6. The Kier molecular flexibility index (Phi) is 4.84. The van der Waals surface area contributed by atoms with Gasteiger partial charge < -0.3 is 10.3 Å². The number of carbonyl (C=O) groups is 1. The number of benzene rings is 2. The van der Waals surface area contributed by atoms with Crippen LogP contribution in [0.1, 0.15) is 27.0 Å². The number of aromatic nitrogens is 1. The Morgan fingerprint density at radius 2 is 1.73 bits per heavy atom. The molecule has 4 nitrogen and oxygen atoms in total.